The van der Waals surface area contributed by atoms with Crippen LogP contribution < -0.4 is 0 Å². The number of nitrogens with zero attached hydrogens (tertiary/aromatic N) is 2. The van der Waals surface area contributed by atoms with Crippen LogP contribution in [0.5, 0.6) is 0 Å². The minimum absolute atomic E-state index is 0.189. The van der Waals surface area contributed by atoms with Gasteiger partial charge >= 0.3 is 0 Å². The summed E-state index contributed by atoms with van der Waals surface area (Å²) in [6.45, 7) is 2.76. The molecule has 5 heteroatoms. The molecule has 1 aromatic rings. The van der Waals surface area contributed by atoms with Crippen molar-refractivity contribution in [2.24, 2.45) is 0 Å². The molecule has 0 spiro atoms. The molecule has 1 amide bonds. The summed E-state index contributed by atoms with van der Waals surface area (Å²) < 4.78 is 0. The van der Waals surface area contributed by atoms with Crippen LogP contribution in [0, 0.1) is 0 Å². The number of carbonyl (C=O) groups is 1. The number of aliphatic hydroxyl groups excluding tert-OH is 1. The number of amides is 1. The molecule has 2 aliphatic rings. The van der Waals surface area contributed by atoms with Gasteiger partial charge in [0.1, 0.15) is 0 Å². The minimum Gasteiger partial charge on any atom is -0.393 e. The van der Waals surface area contributed by atoms with Crippen LogP contribution in [0.15, 0.2) is 30.3 Å². The van der Waals surface area contributed by atoms with Crippen LogP contribution in [-0.2, 0) is 10.2 Å². The number of hydrogen-bond acceptors (Lipinski definition) is 4. The second-order valence-corrected chi connectivity index (χ2v) is 7.78. The number of piperidine rings is 1. The molecule has 2 aliphatic heterocycles. The zero-order valence-electron chi connectivity index (χ0n) is 15.2. The average molecular weight is 346 g/mol. The molecule has 0 bridgehead atoms. The lowest BCUT2D eigenvalue weighted by Gasteiger charge is -2.42. The van der Waals surface area contributed by atoms with E-state index in [1.165, 1.54) is 0 Å². The van der Waals surface area contributed by atoms with Gasteiger partial charge < -0.3 is 20.0 Å². The Kier molecular flexibility index (Phi) is 5.46. The largest absolute Gasteiger partial charge is 0.393 e. The third-order valence-corrected chi connectivity index (χ3v) is 6.08. The van der Waals surface area contributed by atoms with Gasteiger partial charge in [-0.2, -0.15) is 0 Å². The number of rotatable bonds is 3. The molecular formula is C20H30N2O3. The van der Waals surface area contributed by atoms with Gasteiger partial charge in [-0.05, 0) is 57.8 Å². The van der Waals surface area contributed by atoms with Crippen molar-refractivity contribution in [3.8, 4) is 0 Å². The van der Waals surface area contributed by atoms with Gasteiger partial charge in [0.15, 0.2) is 0 Å². The molecule has 5 nitrogen and oxygen atoms in total. The third-order valence-electron chi connectivity index (χ3n) is 6.08. The van der Waals surface area contributed by atoms with Crippen LogP contribution in [0.25, 0.3) is 0 Å². The van der Waals surface area contributed by atoms with Crippen molar-refractivity contribution in [1.29, 1.82) is 0 Å². The maximum Gasteiger partial charge on any atom is 0.233 e. The van der Waals surface area contributed by atoms with Gasteiger partial charge in [0.25, 0.3) is 0 Å². The average Bonchev–Trinajstić information content (AvgIpc) is 2.85. The Morgan fingerprint density at radius 3 is 2.36 bits per heavy atom. The van der Waals surface area contributed by atoms with E-state index in [4.69, 9.17) is 0 Å². The highest BCUT2D eigenvalue weighted by Crippen LogP contribution is 2.38. The van der Waals surface area contributed by atoms with Gasteiger partial charge in [-0.25, -0.2) is 0 Å². The first-order valence-corrected chi connectivity index (χ1v) is 9.36. The zero-order chi connectivity index (χ0) is 17.9. The molecule has 2 saturated heterocycles. The predicted molar refractivity (Wildman–Crippen MR) is 97.3 cm³/mol. The summed E-state index contributed by atoms with van der Waals surface area (Å²) in [5, 5.41) is 19.8. The predicted octanol–water partition coefficient (Wildman–Crippen LogP) is 1.39. The molecule has 0 radical (unpaired) electrons. The van der Waals surface area contributed by atoms with Crippen molar-refractivity contribution in [1.82, 2.24) is 9.80 Å². The Labute approximate surface area is 150 Å². The van der Waals surface area contributed by atoms with Gasteiger partial charge in [0.2, 0.25) is 5.91 Å². The first-order valence-electron chi connectivity index (χ1n) is 9.36. The molecule has 2 heterocycles. The Morgan fingerprint density at radius 2 is 1.72 bits per heavy atom. The van der Waals surface area contributed by atoms with Crippen LogP contribution in [-0.4, -0.2) is 71.4 Å². The smallest absolute Gasteiger partial charge is 0.233 e. The maximum atomic E-state index is 13.6. The highest BCUT2D eigenvalue weighted by molar-refractivity contribution is 5.88. The summed E-state index contributed by atoms with van der Waals surface area (Å²) in [5.41, 5.74) is -0.397. The Morgan fingerprint density at radius 1 is 1.04 bits per heavy atom. The van der Waals surface area contributed by atoms with E-state index in [0.717, 1.165) is 37.9 Å². The molecule has 138 valence electrons. The van der Waals surface area contributed by atoms with E-state index in [1.807, 2.05) is 23.1 Å². The van der Waals surface area contributed by atoms with Crippen molar-refractivity contribution in [3.05, 3.63) is 35.9 Å². The monoisotopic (exact) mass is 346 g/mol. The van der Waals surface area contributed by atoms with Gasteiger partial charge in [-0.3, -0.25) is 4.79 Å². The lowest BCUT2D eigenvalue weighted by molar-refractivity contribution is -0.139. The molecule has 25 heavy (non-hydrogen) atoms. The van der Waals surface area contributed by atoms with Crippen molar-refractivity contribution >= 4 is 5.91 Å². The summed E-state index contributed by atoms with van der Waals surface area (Å²) in [7, 11) is 2.10. The molecule has 3 rings (SSSR count). The van der Waals surface area contributed by atoms with Crippen LogP contribution in [0.3, 0.4) is 0 Å². The van der Waals surface area contributed by atoms with E-state index in [0.29, 0.717) is 25.9 Å². The number of hydrogen-bond donors (Lipinski definition) is 2. The summed E-state index contributed by atoms with van der Waals surface area (Å²) in [6, 6.07) is 10.2. The fourth-order valence-corrected chi connectivity index (χ4v) is 4.23. The Hall–Kier alpha value is -1.43. The Bertz CT molecular complexity index is 584. The number of likely N-dealkylation sites (tertiary alicyclic amines) is 2. The summed E-state index contributed by atoms with van der Waals surface area (Å²) in [4.78, 5) is 17.8. The first kappa shape index (κ1) is 18.4. The molecule has 0 saturated carbocycles. The normalized spacial score (nSPS) is 27.7. The van der Waals surface area contributed by atoms with Crippen LogP contribution in [0.2, 0.25) is 0 Å². The SMILES string of the molecule is CN1CCC(C(=O)N2CCCC(O)(CO)CC2)(c2ccccc2)CC1. The molecule has 1 unspecified atom stereocenters. The highest BCUT2D eigenvalue weighted by Gasteiger charge is 2.45. The van der Waals surface area contributed by atoms with E-state index >= 15 is 0 Å². The van der Waals surface area contributed by atoms with Gasteiger partial charge in [0, 0.05) is 13.1 Å². The second-order valence-electron chi connectivity index (χ2n) is 7.78. The van der Waals surface area contributed by atoms with Crippen molar-refractivity contribution in [2.75, 3.05) is 39.8 Å². The van der Waals surface area contributed by atoms with E-state index in [-0.39, 0.29) is 12.5 Å². The zero-order valence-corrected chi connectivity index (χ0v) is 15.2. The van der Waals surface area contributed by atoms with Gasteiger partial charge in [-0.1, -0.05) is 30.3 Å². The lowest BCUT2D eigenvalue weighted by Crippen LogP contribution is -2.52. The minimum atomic E-state index is -1.04. The number of carbonyl (C=O) groups excluding carboxylic acids is 1. The van der Waals surface area contributed by atoms with Gasteiger partial charge in [0.05, 0.1) is 17.6 Å². The quantitative estimate of drug-likeness (QED) is 0.868. The first-order chi connectivity index (χ1) is 12.0. The fourth-order valence-electron chi connectivity index (χ4n) is 4.23. The van der Waals surface area contributed by atoms with Gasteiger partial charge in [-0.15, -0.1) is 0 Å². The van der Waals surface area contributed by atoms with E-state index < -0.39 is 11.0 Å². The molecule has 1 atom stereocenters. The summed E-state index contributed by atoms with van der Waals surface area (Å²) >= 11 is 0. The van der Waals surface area contributed by atoms with Crippen LogP contribution in [0.4, 0.5) is 0 Å². The number of aliphatic hydroxyl groups is 2. The molecule has 2 N–H and O–H groups in total. The Balaban J connectivity index is 1.85. The second kappa shape index (κ2) is 7.44. The third kappa shape index (κ3) is 3.73. The van der Waals surface area contributed by atoms with Crippen LogP contribution in [0.1, 0.15) is 37.7 Å². The van der Waals surface area contributed by atoms with Crippen molar-refractivity contribution in [3.63, 3.8) is 0 Å². The molecule has 1 aromatic carbocycles. The van der Waals surface area contributed by atoms with Crippen molar-refractivity contribution in [2.45, 2.75) is 43.1 Å². The summed E-state index contributed by atoms with van der Waals surface area (Å²) in [6.07, 6.45) is 3.38. The molecule has 0 aliphatic carbocycles. The van der Waals surface area contributed by atoms with E-state index in [2.05, 4.69) is 24.1 Å². The maximum absolute atomic E-state index is 13.6. The highest BCUT2D eigenvalue weighted by atomic mass is 16.3. The standard InChI is InChI=1S/C20H30N2O3/c1-21-13-10-20(11-14-21,17-6-3-2-4-7-17)18(24)22-12-5-8-19(25,16-23)9-15-22/h2-4,6-7,23,25H,5,8-16H2,1H3. The fraction of sp³-hybridized carbons (Fsp3) is 0.650. The molecule has 0 aromatic heterocycles. The van der Waals surface area contributed by atoms with Crippen LogP contribution >= 0.6 is 0 Å². The summed E-state index contributed by atoms with van der Waals surface area (Å²) in [5.74, 6) is 0.189. The molecule has 2 fully saturated rings. The molecular weight excluding hydrogens is 316 g/mol. The van der Waals surface area contributed by atoms with E-state index in [9.17, 15) is 15.0 Å². The lowest BCUT2D eigenvalue weighted by atomic mass is 9.71. The number of benzene rings is 1. The van der Waals surface area contributed by atoms with E-state index in [1.54, 1.807) is 0 Å². The topological polar surface area (TPSA) is 64.0 Å². The van der Waals surface area contributed by atoms with Crippen molar-refractivity contribution < 1.29 is 15.0 Å².